The Kier molecular flexibility index (Phi) is 2.72. The second-order valence-corrected chi connectivity index (χ2v) is 2.31. The number of amides is 1. The molecule has 1 aromatic heterocycles. The zero-order valence-corrected chi connectivity index (χ0v) is 5.85. The van der Waals surface area contributed by atoms with Crippen LogP contribution in [0.2, 0.25) is 0 Å². The van der Waals surface area contributed by atoms with Gasteiger partial charge >= 0.3 is 0 Å². The molecule has 10 heavy (non-hydrogen) atoms. The molecule has 0 aliphatic heterocycles. The second kappa shape index (κ2) is 3.86. The highest BCUT2D eigenvalue weighted by Crippen LogP contribution is 2.16. The first kappa shape index (κ1) is 7.04. The van der Waals surface area contributed by atoms with Gasteiger partial charge in [-0.1, -0.05) is 5.59 Å². The zero-order chi connectivity index (χ0) is 7.23. The van der Waals surface area contributed by atoms with E-state index in [4.69, 9.17) is 4.84 Å². The third kappa shape index (κ3) is 2.04. The fourth-order valence-corrected chi connectivity index (χ4v) is 0.964. The van der Waals surface area contributed by atoms with Gasteiger partial charge in [-0.05, 0) is 17.5 Å². The van der Waals surface area contributed by atoms with Crippen LogP contribution in [-0.4, -0.2) is 6.41 Å². The molecular formula is C5H6N2O2S. The Labute approximate surface area is 61.7 Å². The number of nitrogens with one attached hydrogen (secondary N) is 2. The maximum Gasteiger partial charge on any atom is 0.223 e. The SMILES string of the molecule is O=CNNOc1cccs1. The zero-order valence-electron chi connectivity index (χ0n) is 5.03. The largest absolute Gasteiger partial charge is 0.378 e. The normalized spacial score (nSPS) is 8.80. The summed E-state index contributed by atoms with van der Waals surface area (Å²) >= 11 is 1.43. The van der Waals surface area contributed by atoms with Crippen LogP contribution in [0, 0.1) is 0 Å². The molecule has 0 aliphatic rings. The minimum atomic E-state index is 0.494. The van der Waals surface area contributed by atoms with Crippen molar-refractivity contribution >= 4 is 17.7 Å². The molecule has 0 spiro atoms. The first-order chi connectivity index (χ1) is 4.93. The lowest BCUT2D eigenvalue weighted by molar-refractivity contribution is -0.112. The molecule has 1 aromatic rings. The number of carbonyl (C=O) groups excluding carboxylic acids is 1. The van der Waals surface area contributed by atoms with Gasteiger partial charge in [-0.25, -0.2) is 0 Å². The molecular weight excluding hydrogens is 152 g/mol. The van der Waals surface area contributed by atoms with Gasteiger partial charge < -0.3 is 4.84 Å². The van der Waals surface area contributed by atoms with E-state index < -0.39 is 0 Å². The fraction of sp³-hybridized carbons (Fsp3) is 0. The van der Waals surface area contributed by atoms with Crippen molar-refractivity contribution in [2.24, 2.45) is 0 Å². The van der Waals surface area contributed by atoms with Crippen LogP contribution in [0.3, 0.4) is 0 Å². The monoisotopic (exact) mass is 158 g/mol. The predicted octanol–water partition coefficient (Wildman–Crippen LogP) is 0.292. The highest BCUT2D eigenvalue weighted by atomic mass is 32.1. The van der Waals surface area contributed by atoms with Gasteiger partial charge in [0.25, 0.3) is 0 Å². The van der Waals surface area contributed by atoms with Crippen LogP contribution in [0.15, 0.2) is 17.5 Å². The van der Waals surface area contributed by atoms with Crippen LogP contribution in [0.25, 0.3) is 0 Å². The van der Waals surface area contributed by atoms with Crippen LogP contribution >= 0.6 is 11.3 Å². The first-order valence-electron chi connectivity index (χ1n) is 2.58. The molecule has 0 atom stereocenters. The van der Waals surface area contributed by atoms with Gasteiger partial charge in [-0.15, -0.1) is 11.3 Å². The average Bonchev–Trinajstić information content (AvgIpc) is 2.41. The third-order valence-electron chi connectivity index (χ3n) is 0.765. The van der Waals surface area contributed by atoms with Crippen LogP contribution in [0.5, 0.6) is 5.06 Å². The van der Waals surface area contributed by atoms with Crippen LogP contribution in [0.4, 0.5) is 0 Å². The summed E-state index contributed by atoms with van der Waals surface area (Å²) in [6, 6.07) is 3.63. The highest BCUT2D eigenvalue weighted by Gasteiger charge is 1.89. The quantitative estimate of drug-likeness (QED) is 0.376. The molecule has 0 bridgehead atoms. The summed E-state index contributed by atoms with van der Waals surface area (Å²) in [5.41, 5.74) is 4.37. The minimum absolute atomic E-state index is 0.494. The number of hydrogen-bond donors (Lipinski definition) is 2. The van der Waals surface area contributed by atoms with Crippen LogP contribution in [-0.2, 0) is 4.79 Å². The molecule has 2 N–H and O–H groups in total. The summed E-state index contributed by atoms with van der Waals surface area (Å²) in [6.07, 6.45) is 0.494. The molecule has 0 aliphatic carbocycles. The molecule has 5 heteroatoms. The number of thiophene rings is 1. The fourth-order valence-electron chi connectivity index (χ4n) is 0.425. The van der Waals surface area contributed by atoms with E-state index in [1.165, 1.54) is 11.3 Å². The lowest BCUT2D eigenvalue weighted by Gasteiger charge is -1.99. The van der Waals surface area contributed by atoms with Gasteiger partial charge in [0.1, 0.15) is 0 Å². The average molecular weight is 158 g/mol. The maximum atomic E-state index is 9.68. The van der Waals surface area contributed by atoms with E-state index >= 15 is 0 Å². The van der Waals surface area contributed by atoms with Crippen molar-refractivity contribution in [3.8, 4) is 5.06 Å². The van der Waals surface area contributed by atoms with E-state index in [1.807, 2.05) is 11.4 Å². The number of hydrazine groups is 1. The number of carbonyl (C=O) groups is 1. The van der Waals surface area contributed by atoms with E-state index in [0.29, 0.717) is 11.5 Å². The van der Waals surface area contributed by atoms with Gasteiger partial charge in [0, 0.05) is 0 Å². The Morgan fingerprint density at radius 2 is 2.60 bits per heavy atom. The first-order valence-corrected chi connectivity index (χ1v) is 3.46. The van der Waals surface area contributed by atoms with Crippen molar-refractivity contribution in [2.75, 3.05) is 0 Å². The summed E-state index contributed by atoms with van der Waals surface area (Å²) in [4.78, 5) is 14.5. The van der Waals surface area contributed by atoms with Gasteiger partial charge in [0.05, 0.1) is 0 Å². The van der Waals surface area contributed by atoms with Crippen molar-refractivity contribution in [1.29, 1.82) is 0 Å². The van der Waals surface area contributed by atoms with Gasteiger partial charge in [0.2, 0.25) is 11.5 Å². The van der Waals surface area contributed by atoms with Crippen molar-refractivity contribution in [2.45, 2.75) is 0 Å². The molecule has 1 amide bonds. The molecule has 1 heterocycles. The van der Waals surface area contributed by atoms with Gasteiger partial charge in [-0.2, -0.15) is 0 Å². The lowest BCUT2D eigenvalue weighted by atomic mass is 10.7. The smallest absolute Gasteiger partial charge is 0.223 e. The molecule has 54 valence electrons. The van der Waals surface area contributed by atoms with Gasteiger partial charge in [0.15, 0.2) is 0 Å². The predicted molar refractivity (Wildman–Crippen MR) is 37.3 cm³/mol. The molecule has 0 unspecified atom stereocenters. The van der Waals surface area contributed by atoms with E-state index in [2.05, 4.69) is 11.0 Å². The molecule has 0 aromatic carbocycles. The summed E-state index contributed by atoms with van der Waals surface area (Å²) in [5, 5.41) is 2.58. The molecule has 0 radical (unpaired) electrons. The topological polar surface area (TPSA) is 50.4 Å². The molecule has 0 fully saturated rings. The van der Waals surface area contributed by atoms with Gasteiger partial charge in [-0.3, -0.25) is 10.2 Å². The van der Waals surface area contributed by atoms with E-state index in [0.717, 1.165) is 0 Å². The van der Waals surface area contributed by atoms with E-state index in [1.54, 1.807) is 6.07 Å². The summed E-state index contributed by atoms with van der Waals surface area (Å²) < 4.78 is 0. The maximum absolute atomic E-state index is 9.68. The standard InChI is InChI=1S/C5H6N2O2S/c8-4-6-7-9-5-2-1-3-10-5/h1-4,7H,(H,6,8). The second-order valence-electron chi connectivity index (χ2n) is 1.40. The Balaban J connectivity index is 2.21. The molecule has 4 nitrogen and oxygen atoms in total. The summed E-state index contributed by atoms with van der Waals surface area (Å²) in [7, 11) is 0. The lowest BCUT2D eigenvalue weighted by Crippen LogP contribution is -2.32. The third-order valence-corrected chi connectivity index (χ3v) is 1.51. The molecule has 0 saturated heterocycles. The van der Waals surface area contributed by atoms with Crippen LogP contribution in [0.1, 0.15) is 0 Å². The van der Waals surface area contributed by atoms with E-state index in [-0.39, 0.29) is 0 Å². The van der Waals surface area contributed by atoms with E-state index in [9.17, 15) is 4.79 Å². The highest BCUT2D eigenvalue weighted by molar-refractivity contribution is 7.11. The van der Waals surface area contributed by atoms with Crippen LogP contribution < -0.4 is 15.9 Å². The molecule has 0 saturated carbocycles. The Morgan fingerprint density at radius 1 is 1.70 bits per heavy atom. The Morgan fingerprint density at radius 3 is 3.20 bits per heavy atom. The Hall–Kier alpha value is -1.07. The summed E-state index contributed by atoms with van der Waals surface area (Å²) in [6.45, 7) is 0. The van der Waals surface area contributed by atoms with Crippen molar-refractivity contribution in [3.63, 3.8) is 0 Å². The number of hydrogen-bond acceptors (Lipinski definition) is 4. The Bertz CT molecular complexity index is 188. The number of rotatable bonds is 4. The molecule has 1 rings (SSSR count). The minimum Gasteiger partial charge on any atom is -0.378 e. The van der Waals surface area contributed by atoms with Crippen molar-refractivity contribution in [3.05, 3.63) is 17.5 Å². The summed E-state index contributed by atoms with van der Waals surface area (Å²) in [5.74, 6) is 0. The van der Waals surface area contributed by atoms with Crippen molar-refractivity contribution in [1.82, 2.24) is 11.0 Å². The van der Waals surface area contributed by atoms with Crippen molar-refractivity contribution < 1.29 is 9.63 Å².